The first kappa shape index (κ1) is 26.2. The minimum Gasteiger partial charge on any atom is -0.481 e. The number of para-hydroxylation sites is 1. The number of nitrogens with zero attached hydrogens (tertiary/aromatic N) is 1. The molecule has 7 heteroatoms. The van der Waals surface area contributed by atoms with E-state index in [1.54, 1.807) is 24.3 Å². The number of carbonyl (C=O) groups is 2. The number of halogens is 2. The van der Waals surface area contributed by atoms with E-state index in [-0.39, 0.29) is 24.2 Å². The van der Waals surface area contributed by atoms with Crippen LogP contribution in [-0.2, 0) is 22.6 Å². The van der Waals surface area contributed by atoms with Gasteiger partial charge in [-0.15, -0.1) is 0 Å². The zero-order valence-corrected chi connectivity index (χ0v) is 20.7. The van der Waals surface area contributed by atoms with Gasteiger partial charge < -0.3 is 15.0 Å². The third-order valence-electron chi connectivity index (χ3n) is 5.73. The molecule has 0 aromatic heterocycles. The highest BCUT2D eigenvalue weighted by Gasteiger charge is 2.31. The number of hydrogen-bond acceptors (Lipinski definition) is 3. The number of benzene rings is 3. The van der Waals surface area contributed by atoms with Crippen LogP contribution in [0.25, 0.3) is 0 Å². The molecule has 1 N–H and O–H groups in total. The van der Waals surface area contributed by atoms with Gasteiger partial charge in [0.05, 0.1) is 0 Å². The fourth-order valence-corrected chi connectivity index (χ4v) is 3.69. The summed E-state index contributed by atoms with van der Waals surface area (Å²) < 4.78 is 19.6. The second-order valence-electron chi connectivity index (χ2n) is 8.39. The van der Waals surface area contributed by atoms with Gasteiger partial charge in [-0.1, -0.05) is 73.1 Å². The second kappa shape index (κ2) is 12.9. The van der Waals surface area contributed by atoms with Crippen LogP contribution >= 0.6 is 11.6 Å². The van der Waals surface area contributed by atoms with E-state index < -0.39 is 24.4 Å². The number of ether oxygens (including phenoxy) is 1. The first-order valence-electron chi connectivity index (χ1n) is 11.6. The summed E-state index contributed by atoms with van der Waals surface area (Å²) in [5.74, 6) is -1.25. The highest BCUT2D eigenvalue weighted by molar-refractivity contribution is 6.30. The van der Waals surface area contributed by atoms with Crippen LogP contribution in [0.2, 0.25) is 5.02 Å². The molecule has 5 nitrogen and oxygen atoms in total. The summed E-state index contributed by atoms with van der Waals surface area (Å²) in [6, 6.07) is 21.7. The van der Waals surface area contributed by atoms with Crippen molar-refractivity contribution in [1.82, 2.24) is 10.2 Å². The van der Waals surface area contributed by atoms with Crippen molar-refractivity contribution in [2.24, 2.45) is 0 Å². The van der Waals surface area contributed by atoms with Crippen molar-refractivity contribution in [2.75, 3.05) is 6.61 Å². The molecular weight excluding hydrogens is 467 g/mol. The average molecular weight is 497 g/mol. The average Bonchev–Trinajstić information content (AvgIpc) is 2.87. The van der Waals surface area contributed by atoms with Crippen molar-refractivity contribution in [3.63, 3.8) is 0 Å². The second-order valence-corrected chi connectivity index (χ2v) is 8.83. The Kier molecular flexibility index (Phi) is 9.67. The Morgan fingerprint density at radius 2 is 1.63 bits per heavy atom. The zero-order chi connectivity index (χ0) is 25.2. The molecule has 0 aliphatic heterocycles. The summed E-state index contributed by atoms with van der Waals surface area (Å²) in [6.45, 7) is 3.67. The maximum Gasteiger partial charge on any atom is 0.261 e. The van der Waals surface area contributed by atoms with Gasteiger partial charge in [0.2, 0.25) is 5.91 Å². The number of rotatable bonds is 11. The quantitative estimate of drug-likeness (QED) is 0.386. The largest absolute Gasteiger partial charge is 0.481 e. The van der Waals surface area contributed by atoms with Crippen LogP contribution in [0.4, 0.5) is 4.39 Å². The molecule has 3 aromatic rings. The highest BCUT2D eigenvalue weighted by Crippen LogP contribution is 2.19. The molecule has 0 aliphatic rings. The van der Waals surface area contributed by atoms with Crippen LogP contribution in [0.15, 0.2) is 78.9 Å². The number of nitrogens with one attached hydrogen (secondary N) is 1. The lowest BCUT2D eigenvalue weighted by atomic mass is 10.0. The van der Waals surface area contributed by atoms with Gasteiger partial charge in [0.1, 0.15) is 6.04 Å². The van der Waals surface area contributed by atoms with Crippen molar-refractivity contribution in [3.05, 3.63) is 101 Å². The summed E-state index contributed by atoms with van der Waals surface area (Å²) in [7, 11) is 0. The third-order valence-corrected chi connectivity index (χ3v) is 5.98. The van der Waals surface area contributed by atoms with Gasteiger partial charge in [0, 0.05) is 24.0 Å². The van der Waals surface area contributed by atoms with E-state index in [0.29, 0.717) is 11.4 Å². The molecule has 0 radical (unpaired) electrons. The minimum absolute atomic E-state index is 0.0176. The van der Waals surface area contributed by atoms with Gasteiger partial charge in [0.15, 0.2) is 18.2 Å². The Bertz CT molecular complexity index is 1110. The van der Waals surface area contributed by atoms with Crippen LogP contribution in [0.1, 0.15) is 31.4 Å². The van der Waals surface area contributed by atoms with Crippen LogP contribution in [0.5, 0.6) is 5.75 Å². The zero-order valence-electron chi connectivity index (χ0n) is 19.9. The van der Waals surface area contributed by atoms with Gasteiger partial charge in [-0.25, -0.2) is 4.39 Å². The van der Waals surface area contributed by atoms with Crippen LogP contribution in [0.3, 0.4) is 0 Å². The van der Waals surface area contributed by atoms with E-state index in [4.69, 9.17) is 16.3 Å². The van der Waals surface area contributed by atoms with E-state index in [1.807, 2.05) is 56.3 Å². The van der Waals surface area contributed by atoms with Crippen LogP contribution < -0.4 is 10.1 Å². The molecule has 0 spiro atoms. The lowest BCUT2D eigenvalue weighted by molar-refractivity contribution is -0.143. The molecule has 3 rings (SSSR count). The van der Waals surface area contributed by atoms with E-state index in [0.717, 1.165) is 17.5 Å². The Labute approximate surface area is 210 Å². The van der Waals surface area contributed by atoms with E-state index in [9.17, 15) is 14.0 Å². The monoisotopic (exact) mass is 496 g/mol. The van der Waals surface area contributed by atoms with Crippen molar-refractivity contribution in [3.8, 4) is 5.75 Å². The minimum atomic E-state index is -0.793. The summed E-state index contributed by atoms with van der Waals surface area (Å²) in [5.41, 5.74) is 1.73. The Morgan fingerprint density at radius 1 is 0.971 bits per heavy atom. The van der Waals surface area contributed by atoms with Gasteiger partial charge in [-0.3, -0.25) is 9.59 Å². The third kappa shape index (κ3) is 7.82. The molecule has 2 unspecified atom stereocenters. The number of amides is 2. The van der Waals surface area contributed by atoms with Crippen LogP contribution in [-0.4, -0.2) is 35.4 Å². The summed E-state index contributed by atoms with van der Waals surface area (Å²) in [5, 5.41) is 3.58. The lowest BCUT2D eigenvalue weighted by Crippen LogP contribution is -2.53. The standard InChI is InChI=1S/C28H30ClFN2O3/c1-3-20(2)31-28(34)25(17-21-9-5-4-6-10-21)32(18-22-13-15-23(29)16-14-22)27(33)19-35-26-12-8-7-11-24(26)30/h4-16,20,25H,3,17-19H2,1-2H3,(H,31,34). The molecule has 2 atom stereocenters. The molecule has 0 saturated heterocycles. The summed E-state index contributed by atoms with van der Waals surface area (Å²) in [4.78, 5) is 28.4. The SMILES string of the molecule is CCC(C)NC(=O)C(Cc1ccccc1)N(Cc1ccc(Cl)cc1)C(=O)COc1ccccc1F. The van der Waals surface area contributed by atoms with E-state index in [1.165, 1.54) is 17.0 Å². The molecule has 184 valence electrons. The van der Waals surface area contributed by atoms with Crippen LogP contribution in [0, 0.1) is 5.82 Å². The van der Waals surface area contributed by atoms with E-state index in [2.05, 4.69) is 5.32 Å². The molecule has 0 saturated carbocycles. The van der Waals surface area contributed by atoms with Gasteiger partial charge in [-0.2, -0.15) is 0 Å². The highest BCUT2D eigenvalue weighted by atomic mass is 35.5. The molecule has 35 heavy (non-hydrogen) atoms. The van der Waals surface area contributed by atoms with Gasteiger partial charge in [0.25, 0.3) is 5.91 Å². The fraction of sp³-hybridized carbons (Fsp3) is 0.286. The molecule has 0 heterocycles. The van der Waals surface area contributed by atoms with Gasteiger partial charge in [-0.05, 0) is 48.7 Å². The first-order chi connectivity index (χ1) is 16.9. The molecule has 3 aromatic carbocycles. The maximum absolute atomic E-state index is 14.1. The number of carbonyl (C=O) groups excluding carboxylic acids is 2. The summed E-state index contributed by atoms with van der Waals surface area (Å²) in [6.07, 6.45) is 1.08. The first-order valence-corrected chi connectivity index (χ1v) is 12.0. The van der Waals surface area contributed by atoms with Gasteiger partial charge >= 0.3 is 0 Å². The maximum atomic E-state index is 14.1. The molecular formula is C28H30ClFN2O3. The predicted molar refractivity (Wildman–Crippen MR) is 136 cm³/mol. The Hall–Kier alpha value is -3.38. The van der Waals surface area contributed by atoms with Crippen molar-refractivity contribution in [1.29, 1.82) is 0 Å². The Morgan fingerprint density at radius 3 is 2.29 bits per heavy atom. The molecule has 2 amide bonds. The number of hydrogen-bond donors (Lipinski definition) is 1. The molecule has 0 fully saturated rings. The Balaban J connectivity index is 1.91. The van der Waals surface area contributed by atoms with Crippen molar-refractivity contribution < 1.29 is 18.7 Å². The fourth-order valence-electron chi connectivity index (χ4n) is 3.57. The van der Waals surface area contributed by atoms with E-state index >= 15 is 0 Å². The lowest BCUT2D eigenvalue weighted by Gasteiger charge is -2.32. The van der Waals surface area contributed by atoms with Crippen molar-refractivity contribution >= 4 is 23.4 Å². The smallest absolute Gasteiger partial charge is 0.261 e. The predicted octanol–water partition coefficient (Wildman–Crippen LogP) is 5.41. The molecule has 0 aliphatic carbocycles. The summed E-state index contributed by atoms with van der Waals surface area (Å²) >= 11 is 6.04. The van der Waals surface area contributed by atoms with Crippen molar-refractivity contribution in [2.45, 2.75) is 45.3 Å². The normalized spacial score (nSPS) is 12.5. The topological polar surface area (TPSA) is 58.6 Å². The molecule has 0 bridgehead atoms.